The highest BCUT2D eigenvalue weighted by molar-refractivity contribution is 5.79. The minimum absolute atomic E-state index is 0.489. The van der Waals surface area contributed by atoms with Gasteiger partial charge in [0, 0.05) is 38.9 Å². The van der Waals surface area contributed by atoms with Gasteiger partial charge in [-0.15, -0.1) is 0 Å². The number of aromatic nitrogens is 2. The molecule has 0 fully saturated rings. The van der Waals surface area contributed by atoms with Crippen molar-refractivity contribution in [2.75, 3.05) is 20.1 Å². The molecule has 0 aliphatic rings. The SMILES string of the molecule is CCNC(=NCc1ccnn1C)NCCC(C)N(C)Cc1ccccc1. The molecule has 2 aromatic rings. The lowest BCUT2D eigenvalue weighted by Crippen LogP contribution is -2.40. The fourth-order valence-corrected chi connectivity index (χ4v) is 2.71. The van der Waals surface area contributed by atoms with Crippen molar-refractivity contribution in [3.63, 3.8) is 0 Å². The first-order valence-corrected chi connectivity index (χ1v) is 9.33. The molecule has 1 unspecified atom stereocenters. The zero-order valence-corrected chi connectivity index (χ0v) is 16.4. The van der Waals surface area contributed by atoms with E-state index in [4.69, 9.17) is 0 Å². The molecule has 0 saturated heterocycles. The van der Waals surface area contributed by atoms with E-state index in [0.717, 1.165) is 37.7 Å². The van der Waals surface area contributed by atoms with Crippen molar-refractivity contribution < 1.29 is 0 Å². The van der Waals surface area contributed by atoms with Crippen LogP contribution in [0.1, 0.15) is 31.5 Å². The van der Waals surface area contributed by atoms with Gasteiger partial charge in [0.1, 0.15) is 0 Å². The van der Waals surface area contributed by atoms with Gasteiger partial charge in [0.05, 0.1) is 12.2 Å². The summed E-state index contributed by atoms with van der Waals surface area (Å²) in [5.41, 5.74) is 2.44. The van der Waals surface area contributed by atoms with Gasteiger partial charge in [-0.05, 0) is 38.9 Å². The summed E-state index contributed by atoms with van der Waals surface area (Å²) in [5, 5.41) is 10.9. The van der Waals surface area contributed by atoms with Crippen molar-refractivity contribution in [3.8, 4) is 0 Å². The van der Waals surface area contributed by atoms with E-state index in [1.165, 1.54) is 5.56 Å². The van der Waals surface area contributed by atoms with E-state index < -0.39 is 0 Å². The molecular weight excluding hydrogens is 324 g/mol. The van der Waals surface area contributed by atoms with Gasteiger partial charge in [-0.1, -0.05) is 30.3 Å². The van der Waals surface area contributed by atoms with Gasteiger partial charge in [-0.2, -0.15) is 5.10 Å². The molecule has 1 aromatic carbocycles. The Morgan fingerprint density at radius 2 is 2.00 bits per heavy atom. The van der Waals surface area contributed by atoms with E-state index in [0.29, 0.717) is 12.6 Å². The largest absolute Gasteiger partial charge is 0.357 e. The Morgan fingerprint density at radius 3 is 2.65 bits per heavy atom. The third-order valence-corrected chi connectivity index (χ3v) is 4.55. The molecule has 0 bridgehead atoms. The maximum Gasteiger partial charge on any atom is 0.191 e. The Kier molecular flexibility index (Phi) is 8.15. The minimum Gasteiger partial charge on any atom is -0.357 e. The quantitative estimate of drug-likeness (QED) is 0.535. The van der Waals surface area contributed by atoms with Crippen molar-refractivity contribution in [1.82, 2.24) is 25.3 Å². The van der Waals surface area contributed by atoms with E-state index in [9.17, 15) is 0 Å². The van der Waals surface area contributed by atoms with Crippen LogP contribution in [-0.2, 0) is 20.1 Å². The van der Waals surface area contributed by atoms with Crippen molar-refractivity contribution >= 4 is 5.96 Å². The molecule has 0 aliphatic carbocycles. The zero-order valence-electron chi connectivity index (χ0n) is 16.4. The van der Waals surface area contributed by atoms with Gasteiger partial charge in [-0.25, -0.2) is 4.99 Å². The summed E-state index contributed by atoms with van der Waals surface area (Å²) in [5.74, 6) is 0.853. The molecule has 1 heterocycles. The van der Waals surface area contributed by atoms with Crippen molar-refractivity contribution in [2.24, 2.45) is 12.0 Å². The number of nitrogens with zero attached hydrogens (tertiary/aromatic N) is 4. The second kappa shape index (κ2) is 10.6. The van der Waals surface area contributed by atoms with Crippen LogP contribution in [0.5, 0.6) is 0 Å². The first-order chi connectivity index (χ1) is 12.6. The van der Waals surface area contributed by atoms with Gasteiger partial charge in [0.2, 0.25) is 0 Å². The minimum atomic E-state index is 0.489. The summed E-state index contributed by atoms with van der Waals surface area (Å²) in [4.78, 5) is 7.03. The van der Waals surface area contributed by atoms with Crippen LogP contribution >= 0.6 is 0 Å². The molecule has 0 saturated carbocycles. The fraction of sp³-hybridized carbons (Fsp3) is 0.500. The average Bonchev–Trinajstić information content (AvgIpc) is 3.05. The highest BCUT2D eigenvalue weighted by Crippen LogP contribution is 2.07. The first kappa shape index (κ1) is 20.0. The molecule has 0 amide bonds. The van der Waals surface area contributed by atoms with Crippen molar-refractivity contribution in [1.29, 1.82) is 0 Å². The number of nitrogens with one attached hydrogen (secondary N) is 2. The Bertz CT molecular complexity index is 664. The van der Waals surface area contributed by atoms with Crippen molar-refractivity contribution in [2.45, 2.75) is 39.4 Å². The third-order valence-electron chi connectivity index (χ3n) is 4.55. The van der Waals surface area contributed by atoms with Crippen LogP contribution in [0.4, 0.5) is 0 Å². The Balaban J connectivity index is 1.78. The zero-order chi connectivity index (χ0) is 18.8. The monoisotopic (exact) mass is 356 g/mol. The molecule has 0 spiro atoms. The highest BCUT2D eigenvalue weighted by atomic mass is 15.3. The normalized spacial score (nSPS) is 13.0. The second-order valence-corrected chi connectivity index (χ2v) is 6.61. The van der Waals surface area contributed by atoms with Gasteiger partial charge < -0.3 is 10.6 Å². The molecule has 2 rings (SSSR count). The predicted molar refractivity (Wildman–Crippen MR) is 108 cm³/mol. The number of hydrogen-bond donors (Lipinski definition) is 2. The van der Waals surface area contributed by atoms with E-state index in [2.05, 4.69) is 76.9 Å². The average molecular weight is 357 g/mol. The maximum absolute atomic E-state index is 4.65. The Labute approximate surface area is 157 Å². The summed E-state index contributed by atoms with van der Waals surface area (Å²) >= 11 is 0. The van der Waals surface area contributed by atoms with Crippen LogP contribution in [-0.4, -0.2) is 46.8 Å². The van der Waals surface area contributed by atoms with Gasteiger partial charge in [-0.3, -0.25) is 9.58 Å². The van der Waals surface area contributed by atoms with Crippen LogP contribution in [0.25, 0.3) is 0 Å². The van der Waals surface area contributed by atoms with Crippen LogP contribution < -0.4 is 10.6 Å². The van der Waals surface area contributed by atoms with Gasteiger partial charge >= 0.3 is 0 Å². The van der Waals surface area contributed by atoms with E-state index in [-0.39, 0.29) is 0 Å². The topological polar surface area (TPSA) is 57.5 Å². The number of guanidine groups is 1. The molecular formula is C20H32N6. The van der Waals surface area contributed by atoms with Crippen LogP contribution in [0.2, 0.25) is 0 Å². The smallest absolute Gasteiger partial charge is 0.191 e. The summed E-state index contributed by atoms with van der Waals surface area (Å²) in [7, 11) is 4.12. The van der Waals surface area contributed by atoms with Gasteiger partial charge in [0.25, 0.3) is 0 Å². The molecule has 1 aromatic heterocycles. The van der Waals surface area contributed by atoms with Crippen molar-refractivity contribution in [3.05, 3.63) is 53.9 Å². The van der Waals surface area contributed by atoms with Crippen LogP contribution in [0.3, 0.4) is 0 Å². The molecule has 0 aliphatic heterocycles. The molecule has 26 heavy (non-hydrogen) atoms. The summed E-state index contributed by atoms with van der Waals surface area (Å²) in [6, 6.07) is 13.1. The lowest BCUT2D eigenvalue weighted by Gasteiger charge is -2.25. The summed E-state index contributed by atoms with van der Waals surface area (Å²) in [6.45, 7) is 7.67. The fourth-order valence-electron chi connectivity index (χ4n) is 2.71. The third kappa shape index (κ3) is 6.52. The molecule has 6 heteroatoms. The Morgan fingerprint density at radius 1 is 1.23 bits per heavy atom. The van der Waals surface area contributed by atoms with Gasteiger partial charge in [0.15, 0.2) is 5.96 Å². The molecule has 0 radical (unpaired) electrons. The van der Waals surface area contributed by atoms with Crippen LogP contribution in [0.15, 0.2) is 47.6 Å². The summed E-state index contributed by atoms with van der Waals surface area (Å²) in [6.07, 6.45) is 2.86. The van der Waals surface area contributed by atoms with E-state index in [1.54, 1.807) is 6.20 Å². The lowest BCUT2D eigenvalue weighted by molar-refractivity contribution is 0.238. The first-order valence-electron chi connectivity index (χ1n) is 9.33. The Hall–Kier alpha value is -2.34. The lowest BCUT2D eigenvalue weighted by atomic mass is 10.1. The standard InChI is InChI=1S/C20H32N6/c1-5-21-20(23-15-19-12-14-24-26(19)4)22-13-11-17(2)25(3)16-18-9-7-6-8-10-18/h6-10,12,14,17H,5,11,13,15-16H2,1-4H3,(H2,21,22,23). The molecule has 142 valence electrons. The highest BCUT2D eigenvalue weighted by Gasteiger charge is 2.10. The second-order valence-electron chi connectivity index (χ2n) is 6.61. The number of hydrogen-bond acceptors (Lipinski definition) is 3. The number of rotatable bonds is 9. The molecule has 1 atom stereocenters. The van der Waals surface area contributed by atoms with Crippen LogP contribution in [0, 0.1) is 0 Å². The maximum atomic E-state index is 4.65. The molecule has 6 nitrogen and oxygen atoms in total. The number of aryl methyl sites for hydroxylation is 1. The number of benzene rings is 1. The van der Waals surface area contributed by atoms with E-state index >= 15 is 0 Å². The predicted octanol–water partition coefficient (Wildman–Crippen LogP) is 2.39. The number of aliphatic imine (C=N–C) groups is 1. The van der Waals surface area contributed by atoms with E-state index in [1.807, 2.05) is 17.8 Å². The molecule has 2 N–H and O–H groups in total. The summed E-state index contributed by atoms with van der Waals surface area (Å²) < 4.78 is 1.85.